The summed E-state index contributed by atoms with van der Waals surface area (Å²) in [5.74, 6) is 0. The van der Waals surface area contributed by atoms with Crippen molar-refractivity contribution in [3.8, 4) is 0 Å². The maximum absolute atomic E-state index is 5.19. The maximum atomic E-state index is 5.19. The van der Waals surface area contributed by atoms with Crippen molar-refractivity contribution in [3.63, 3.8) is 0 Å². The molecule has 1 aliphatic carbocycles. The molecule has 22 heavy (non-hydrogen) atoms. The molecule has 1 N–H and O–H groups in total. The third-order valence-corrected chi connectivity index (χ3v) is 4.51. The summed E-state index contributed by atoms with van der Waals surface area (Å²) in [6.07, 6.45) is 9.04. The van der Waals surface area contributed by atoms with E-state index in [9.17, 15) is 0 Å². The zero-order valence-electron chi connectivity index (χ0n) is 13.9. The number of hydrogen-bond acceptors (Lipinski definition) is 3. The molecule has 2 aromatic heterocycles. The Kier molecular flexibility index (Phi) is 4.79. The Balaban J connectivity index is 1.87. The van der Waals surface area contributed by atoms with E-state index in [1.54, 1.807) is 7.11 Å². The van der Waals surface area contributed by atoms with Gasteiger partial charge in [-0.1, -0.05) is 6.92 Å². The van der Waals surface area contributed by atoms with Crippen LogP contribution in [0.3, 0.4) is 0 Å². The lowest BCUT2D eigenvalue weighted by Crippen LogP contribution is -2.21. The molecule has 0 amide bonds. The van der Waals surface area contributed by atoms with Gasteiger partial charge < -0.3 is 14.6 Å². The van der Waals surface area contributed by atoms with Crippen molar-refractivity contribution in [2.75, 3.05) is 13.7 Å². The number of aromatic nitrogens is 2. The minimum Gasteiger partial charge on any atom is -0.385 e. The second-order valence-electron chi connectivity index (χ2n) is 6.34. The van der Waals surface area contributed by atoms with Gasteiger partial charge >= 0.3 is 0 Å². The zero-order valence-corrected chi connectivity index (χ0v) is 13.9. The predicted octanol–water partition coefficient (Wildman–Crippen LogP) is 3.45. The maximum Gasteiger partial charge on any atom is 0.0591 e. The fourth-order valence-corrected chi connectivity index (χ4v) is 3.04. The van der Waals surface area contributed by atoms with Crippen LogP contribution >= 0.6 is 0 Å². The fourth-order valence-electron chi connectivity index (χ4n) is 3.04. The number of nitrogens with zero attached hydrogens (tertiary/aromatic N) is 2. The number of rotatable bonds is 8. The first kappa shape index (κ1) is 15.5. The summed E-state index contributed by atoms with van der Waals surface area (Å²) in [5, 5.41) is 4.93. The van der Waals surface area contributed by atoms with Crippen LogP contribution in [0, 0.1) is 0 Å². The molecule has 0 saturated heterocycles. The molecule has 0 aliphatic heterocycles. The van der Waals surface area contributed by atoms with Crippen LogP contribution in [0.1, 0.15) is 50.4 Å². The molecule has 1 aliphatic rings. The molecule has 1 fully saturated rings. The normalized spacial score (nSPS) is 16.3. The van der Waals surface area contributed by atoms with E-state index in [4.69, 9.17) is 9.72 Å². The average Bonchev–Trinajstić information content (AvgIpc) is 3.27. The highest BCUT2D eigenvalue weighted by Gasteiger charge is 2.24. The lowest BCUT2D eigenvalue weighted by molar-refractivity contribution is 0.190. The van der Waals surface area contributed by atoms with E-state index >= 15 is 0 Å². The van der Waals surface area contributed by atoms with E-state index in [1.807, 2.05) is 0 Å². The first-order valence-electron chi connectivity index (χ1n) is 8.45. The van der Waals surface area contributed by atoms with Crippen LogP contribution < -0.4 is 5.32 Å². The lowest BCUT2D eigenvalue weighted by atomic mass is 10.1. The van der Waals surface area contributed by atoms with Crippen molar-refractivity contribution in [1.29, 1.82) is 0 Å². The average molecular weight is 301 g/mol. The van der Waals surface area contributed by atoms with Crippen molar-refractivity contribution >= 4 is 10.9 Å². The van der Waals surface area contributed by atoms with Crippen molar-refractivity contribution in [2.45, 2.75) is 58.2 Å². The van der Waals surface area contributed by atoms with Gasteiger partial charge in [0.05, 0.1) is 11.2 Å². The van der Waals surface area contributed by atoms with Gasteiger partial charge in [0, 0.05) is 50.1 Å². The number of fused-ring (bicyclic) bond motifs is 1. The molecule has 120 valence electrons. The number of aryl methyl sites for hydroxylation is 2. The molecule has 0 aromatic carbocycles. The highest BCUT2D eigenvalue weighted by atomic mass is 16.5. The Morgan fingerprint density at radius 3 is 2.95 bits per heavy atom. The SMILES string of the molecule is CCc1cn(CCCOC)c2cc(C(C)NC3CC3)ncc12. The van der Waals surface area contributed by atoms with Crippen LogP contribution in [0.25, 0.3) is 10.9 Å². The summed E-state index contributed by atoms with van der Waals surface area (Å²) in [6.45, 7) is 6.22. The molecule has 4 nitrogen and oxygen atoms in total. The third-order valence-electron chi connectivity index (χ3n) is 4.51. The standard InChI is InChI=1S/C18H27N3O/c1-4-14-12-21(8-5-9-22-3)18-10-17(19-11-16(14)18)13(2)20-15-6-7-15/h10-13,15,20H,4-9H2,1-3H3. The Morgan fingerprint density at radius 1 is 1.45 bits per heavy atom. The Hall–Kier alpha value is -1.39. The van der Waals surface area contributed by atoms with Gasteiger partial charge in [-0.05, 0) is 44.2 Å². The van der Waals surface area contributed by atoms with Crippen molar-refractivity contribution < 1.29 is 4.74 Å². The first-order valence-corrected chi connectivity index (χ1v) is 8.45. The smallest absolute Gasteiger partial charge is 0.0591 e. The predicted molar refractivity (Wildman–Crippen MR) is 90.2 cm³/mol. The quantitative estimate of drug-likeness (QED) is 0.759. The largest absolute Gasteiger partial charge is 0.385 e. The van der Waals surface area contributed by atoms with E-state index in [1.165, 1.54) is 29.3 Å². The minimum atomic E-state index is 0.323. The van der Waals surface area contributed by atoms with Gasteiger partial charge in [-0.2, -0.15) is 0 Å². The third kappa shape index (κ3) is 3.33. The highest BCUT2D eigenvalue weighted by Crippen LogP contribution is 2.27. The van der Waals surface area contributed by atoms with Gasteiger partial charge in [0.15, 0.2) is 0 Å². The van der Waals surface area contributed by atoms with Crippen LogP contribution in [0.5, 0.6) is 0 Å². The number of methoxy groups -OCH3 is 1. The zero-order chi connectivity index (χ0) is 15.5. The van der Waals surface area contributed by atoms with Crippen LogP contribution in [-0.2, 0) is 17.7 Å². The molecule has 4 heteroatoms. The van der Waals surface area contributed by atoms with Gasteiger partial charge in [-0.3, -0.25) is 4.98 Å². The molecular weight excluding hydrogens is 274 g/mol. The minimum absolute atomic E-state index is 0.323. The van der Waals surface area contributed by atoms with Crippen LogP contribution in [-0.4, -0.2) is 29.3 Å². The summed E-state index contributed by atoms with van der Waals surface area (Å²) in [6, 6.07) is 3.29. The topological polar surface area (TPSA) is 39.1 Å². The van der Waals surface area contributed by atoms with Crippen molar-refractivity contribution in [3.05, 3.63) is 29.7 Å². The van der Waals surface area contributed by atoms with Crippen LogP contribution in [0.15, 0.2) is 18.5 Å². The van der Waals surface area contributed by atoms with E-state index < -0.39 is 0 Å². The molecule has 3 rings (SSSR count). The Morgan fingerprint density at radius 2 is 2.27 bits per heavy atom. The summed E-state index contributed by atoms with van der Waals surface area (Å²) in [7, 11) is 1.76. The number of ether oxygens (including phenoxy) is 1. The molecule has 0 bridgehead atoms. The van der Waals surface area contributed by atoms with Gasteiger partial charge in [0.2, 0.25) is 0 Å². The number of hydrogen-bond donors (Lipinski definition) is 1. The lowest BCUT2D eigenvalue weighted by Gasteiger charge is -2.13. The summed E-state index contributed by atoms with van der Waals surface area (Å²) in [4.78, 5) is 4.71. The van der Waals surface area contributed by atoms with Crippen molar-refractivity contribution in [2.24, 2.45) is 0 Å². The molecule has 2 heterocycles. The van der Waals surface area contributed by atoms with Gasteiger partial charge in [-0.25, -0.2) is 0 Å². The summed E-state index contributed by atoms with van der Waals surface area (Å²) in [5.41, 5.74) is 3.84. The van der Waals surface area contributed by atoms with E-state index in [2.05, 4.69) is 42.2 Å². The molecule has 1 unspecified atom stereocenters. The number of pyridine rings is 1. The Bertz CT molecular complexity index is 631. The molecule has 0 spiro atoms. The highest BCUT2D eigenvalue weighted by molar-refractivity contribution is 5.83. The van der Waals surface area contributed by atoms with Crippen LogP contribution in [0.2, 0.25) is 0 Å². The van der Waals surface area contributed by atoms with Gasteiger partial charge in [-0.15, -0.1) is 0 Å². The van der Waals surface area contributed by atoms with Gasteiger partial charge in [0.25, 0.3) is 0 Å². The summed E-state index contributed by atoms with van der Waals surface area (Å²) >= 11 is 0. The molecule has 0 radical (unpaired) electrons. The second kappa shape index (κ2) is 6.80. The molecule has 2 aromatic rings. The monoisotopic (exact) mass is 301 g/mol. The summed E-state index contributed by atoms with van der Waals surface area (Å²) < 4.78 is 7.55. The fraction of sp³-hybridized carbons (Fsp3) is 0.611. The molecule has 1 atom stereocenters. The molecular formula is C18H27N3O. The molecule has 1 saturated carbocycles. The second-order valence-corrected chi connectivity index (χ2v) is 6.34. The van der Waals surface area contributed by atoms with Crippen molar-refractivity contribution in [1.82, 2.24) is 14.9 Å². The van der Waals surface area contributed by atoms with Gasteiger partial charge in [0.1, 0.15) is 0 Å². The Labute approximate surface area is 132 Å². The van der Waals surface area contributed by atoms with E-state index in [0.29, 0.717) is 12.1 Å². The van der Waals surface area contributed by atoms with Crippen LogP contribution in [0.4, 0.5) is 0 Å². The number of nitrogens with one attached hydrogen (secondary N) is 1. The first-order chi connectivity index (χ1) is 10.7. The van der Waals surface area contributed by atoms with E-state index in [-0.39, 0.29) is 0 Å². The van der Waals surface area contributed by atoms with E-state index in [0.717, 1.165) is 31.7 Å².